The minimum absolute atomic E-state index is 0.139. The molecule has 3 N–H and O–H groups in total. The number of amides is 2. The number of hydrogen-bond donors (Lipinski definition) is 2. The maximum absolute atomic E-state index is 13.0. The van der Waals surface area contributed by atoms with Crippen molar-refractivity contribution in [3.63, 3.8) is 0 Å². The van der Waals surface area contributed by atoms with E-state index in [0.717, 1.165) is 0 Å². The minimum Gasteiger partial charge on any atom is -0.469 e. The molecule has 0 spiro atoms. The van der Waals surface area contributed by atoms with Crippen molar-refractivity contribution >= 4 is 39.2 Å². The topological polar surface area (TPSA) is 136 Å². The number of sulfonamides is 1. The number of anilines is 2. The SMILES string of the molecule is COC(=O)CCC(=O)N1c2ccc(S(N)(=O)=O)cc2NC(=O)C1c1ccccc1. The predicted octanol–water partition coefficient (Wildman–Crippen LogP) is 1.31. The van der Waals surface area contributed by atoms with Gasteiger partial charge in [-0.2, -0.15) is 0 Å². The maximum atomic E-state index is 13.0. The van der Waals surface area contributed by atoms with Crippen molar-refractivity contribution < 1.29 is 27.5 Å². The highest BCUT2D eigenvalue weighted by Gasteiger charge is 2.38. The van der Waals surface area contributed by atoms with Gasteiger partial charge in [-0.25, -0.2) is 13.6 Å². The molecule has 0 saturated carbocycles. The van der Waals surface area contributed by atoms with Crippen LogP contribution >= 0.6 is 0 Å². The summed E-state index contributed by atoms with van der Waals surface area (Å²) in [4.78, 5) is 38.4. The van der Waals surface area contributed by atoms with Gasteiger partial charge in [-0.05, 0) is 23.8 Å². The molecule has 0 aliphatic carbocycles. The first kappa shape index (κ1) is 20.5. The Bertz CT molecular complexity index is 1070. The molecule has 1 atom stereocenters. The van der Waals surface area contributed by atoms with Crippen LogP contribution in [-0.4, -0.2) is 33.3 Å². The van der Waals surface area contributed by atoms with Gasteiger partial charge in [0.25, 0.3) is 5.91 Å². The lowest BCUT2D eigenvalue weighted by atomic mass is 9.99. The maximum Gasteiger partial charge on any atom is 0.306 e. The van der Waals surface area contributed by atoms with E-state index >= 15 is 0 Å². The number of hydrogen-bond acceptors (Lipinski definition) is 6. The molecule has 3 rings (SSSR count). The van der Waals surface area contributed by atoms with Gasteiger partial charge < -0.3 is 10.1 Å². The van der Waals surface area contributed by atoms with Gasteiger partial charge >= 0.3 is 5.97 Å². The molecular formula is C19H19N3O6S. The number of esters is 1. The van der Waals surface area contributed by atoms with Crippen LogP contribution in [0.15, 0.2) is 53.4 Å². The van der Waals surface area contributed by atoms with Crippen LogP contribution in [-0.2, 0) is 29.1 Å². The summed E-state index contributed by atoms with van der Waals surface area (Å²) >= 11 is 0. The highest BCUT2D eigenvalue weighted by molar-refractivity contribution is 7.89. The van der Waals surface area contributed by atoms with E-state index < -0.39 is 33.8 Å². The van der Waals surface area contributed by atoms with Gasteiger partial charge in [0.2, 0.25) is 15.9 Å². The molecule has 0 radical (unpaired) electrons. The molecule has 0 saturated heterocycles. The van der Waals surface area contributed by atoms with E-state index in [1.54, 1.807) is 30.3 Å². The van der Waals surface area contributed by atoms with Crippen LogP contribution < -0.4 is 15.4 Å². The van der Waals surface area contributed by atoms with E-state index in [1.807, 2.05) is 0 Å². The fraction of sp³-hybridized carbons (Fsp3) is 0.211. The molecule has 1 aliphatic rings. The smallest absolute Gasteiger partial charge is 0.306 e. The summed E-state index contributed by atoms with van der Waals surface area (Å²) in [7, 11) is -2.78. The van der Waals surface area contributed by atoms with E-state index in [9.17, 15) is 22.8 Å². The zero-order valence-corrected chi connectivity index (χ0v) is 16.3. The van der Waals surface area contributed by atoms with Crippen molar-refractivity contribution in [2.75, 3.05) is 17.3 Å². The summed E-state index contributed by atoms with van der Waals surface area (Å²) in [5.74, 6) is -1.55. The second-order valence-corrected chi connectivity index (χ2v) is 7.93. The largest absolute Gasteiger partial charge is 0.469 e. The first-order valence-electron chi connectivity index (χ1n) is 8.64. The Morgan fingerprint density at radius 1 is 1.14 bits per heavy atom. The van der Waals surface area contributed by atoms with E-state index in [-0.39, 0.29) is 23.4 Å². The van der Waals surface area contributed by atoms with Gasteiger partial charge in [0.05, 0.1) is 29.8 Å². The summed E-state index contributed by atoms with van der Waals surface area (Å²) in [5.41, 5.74) is 1.01. The van der Waals surface area contributed by atoms with E-state index in [2.05, 4.69) is 10.1 Å². The van der Waals surface area contributed by atoms with Crippen LogP contribution in [0, 0.1) is 0 Å². The lowest BCUT2D eigenvalue weighted by Gasteiger charge is -2.37. The van der Waals surface area contributed by atoms with Crippen LogP contribution in [0.2, 0.25) is 0 Å². The zero-order valence-electron chi connectivity index (χ0n) is 15.5. The van der Waals surface area contributed by atoms with Gasteiger partial charge in [-0.3, -0.25) is 19.3 Å². The standard InChI is InChI=1S/C19H19N3O6S/c1-28-17(24)10-9-16(23)22-15-8-7-13(29(20,26)27)11-14(15)21-19(25)18(22)12-5-3-2-4-6-12/h2-8,11,18H,9-10H2,1H3,(H,21,25)(H2,20,26,27). The number of carbonyl (C=O) groups is 3. The second kappa shape index (κ2) is 8.02. The number of rotatable bonds is 5. The summed E-state index contributed by atoms with van der Waals surface area (Å²) < 4.78 is 27.9. The molecule has 1 unspecified atom stereocenters. The Morgan fingerprint density at radius 3 is 2.45 bits per heavy atom. The molecular weight excluding hydrogens is 398 g/mol. The average Bonchev–Trinajstić information content (AvgIpc) is 2.70. The van der Waals surface area contributed by atoms with Crippen LogP contribution in [0.4, 0.5) is 11.4 Å². The Hall–Kier alpha value is -3.24. The van der Waals surface area contributed by atoms with Gasteiger partial charge in [0, 0.05) is 6.42 Å². The minimum atomic E-state index is -4.00. The molecule has 0 bridgehead atoms. The third kappa shape index (κ3) is 4.28. The van der Waals surface area contributed by atoms with Gasteiger partial charge in [0.15, 0.2) is 0 Å². The monoisotopic (exact) mass is 417 g/mol. The van der Waals surface area contributed by atoms with Crippen molar-refractivity contribution in [1.82, 2.24) is 0 Å². The van der Waals surface area contributed by atoms with Crippen LogP contribution in [0.5, 0.6) is 0 Å². The third-order valence-corrected chi connectivity index (χ3v) is 5.39. The molecule has 0 aromatic heterocycles. The Labute approximate surface area is 167 Å². The molecule has 9 nitrogen and oxygen atoms in total. The number of ether oxygens (including phenoxy) is 1. The summed E-state index contributed by atoms with van der Waals surface area (Å²) in [6.45, 7) is 0. The number of nitrogens with zero attached hydrogens (tertiary/aromatic N) is 1. The van der Waals surface area contributed by atoms with Crippen molar-refractivity contribution in [3.05, 3.63) is 54.1 Å². The lowest BCUT2D eigenvalue weighted by Crippen LogP contribution is -2.45. The Kier molecular flexibility index (Phi) is 5.66. The fourth-order valence-electron chi connectivity index (χ4n) is 3.11. The average molecular weight is 417 g/mol. The molecule has 152 valence electrons. The zero-order chi connectivity index (χ0) is 21.2. The first-order valence-corrected chi connectivity index (χ1v) is 10.2. The van der Waals surface area contributed by atoms with E-state index in [4.69, 9.17) is 5.14 Å². The Balaban J connectivity index is 2.08. The highest BCUT2D eigenvalue weighted by Crippen LogP contribution is 2.40. The van der Waals surface area contributed by atoms with Crippen molar-refractivity contribution in [2.45, 2.75) is 23.8 Å². The third-order valence-electron chi connectivity index (χ3n) is 4.48. The number of nitrogens with one attached hydrogen (secondary N) is 1. The molecule has 1 heterocycles. The van der Waals surface area contributed by atoms with E-state index in [1.165, 1.54) is 30.2 Å². The summed E-state index contributed by atoms with van der Waals surface area (Å²) in [6, 6.07) is 11.5. The van der Waals surface area contributed by atoms with Gasteiger partial charge in [0.1, 0.15) is 6.04 Å². The van der Waals surface area contributed by atoms with Crippen molar-refractivity contribution in [2.24, 2.45) is 5.14 Å². The molecule has 2 aromatic rings. The lowest BCUT2D eigenvalue weighted by molar-refractivity contribution is -0.141. The normalized spacial score (nSPS) is 16.0. The first-order chi connectivity index (χ1) is 13.7. The highest BCUT2D eigenvalue weighted by atomic mass is 32.2. The van der Waals surface area contributed by atoms with Crippen molar-refractivity contribution in [1.29, 1.82) is 0 Å². The molecule has 2 amide bonds. The number of fused-ring (bicyclic) bond motifs is 1. The predicted molar refractivity (Wildman–Crippen MR) is 104 cm³/mol. The van der Waals surface area contributed by atoms with Gasteiger partial charge in [-0.1, -0.05) is 30.3 Å². The fourth-order valence-corrected chi connectivity index (χ4v) is 3.65. The number of benzene rings is 2. The summed E-state index contributed by atoms with van der Waals surface area (Å²) in [5, 5.41) is 7.80. The molecule has 0 fully saturated rings. The summed E-state index contributed by atoms with van der Waals surface area (Å²) in [6.07, 6.45) is -0.334. The molecule has 10 heteroatoms. The van der Waals surface area contributed by atoms with Gasteiger partial charge in [-0.15, -0.1) is 0 Å². The molecule has 2 aromatic carbocycles. The van der Waals surface area contributed by atoms with Crippen LogP contribution in [0.25, 0.3) is 0 Å². The molecule has 1 aliphatic heterocycles. The number of nitrogens with two attached hydrogens (primary N) is 1. The van der Waals surface area contributed by atoms with Crippen LogP contribution in [0.1, 0.15) is 24.4 Å². The Morgan fingerprint density at radius 2 is 1.83 bits per heavy atom. The quantitative estimate of drug-likeness (QED) is 0.704. The number of carbonyl (C=O) groups excluding carboxylic acids is 3. The second-order valence-electron chi connectivity index (χ2n) is 6.37. The van der Waals surface area contributed by atoms with Crippen LogP contribution in [0.3, 0.4) is 0 Å². The number of primary sulfonamides is 1. The number of methoxy groups -OCH3 is 1. The molecule has 29 heavy (non-hydrogen) atoms. The van der Waals surface area contributed by atoms with Crippen molar-refractivity contribution in [3.8, 4) is 0 Å². The van der Waals surface area contributed by atoms with E-state index in [0.29, 0.717) is 11.3 Å².